The fraction of sp³-hybridized carbons (Fsp3) is 0.0500. The molecule has 0 heterocycles. The van der Waals surface area contributed by atoms with Crippen LogP contribution in [0.3, 0.4) is 0 Å². The number of carbonyl (C=O) groups is 2. The van der Waals surface area contributed by atoms with Crippen molar-refractivity contribution in [2.75, 3.05) is 5.32 Å². The number of fused-ring (bicyclic) bond motifs is 1. The van der Waals surface area contributed by atoms with Crippen molar-refractivity contribution in [3.63, 3.8) is 0 Å². The third kappa shape index (κ3) is 4.07. The molecule has 0 aromatic heterocycles. The second-order valence-electron chi connectivity index (χ2n) is 5.63. The Balaban J connectivity index is 1.72. The van der Waals surface area contributed by atoms with Gasteiger partial charge in [0.2, 0.25) is 0 Å². The fourth-order valence-corrected chi connectivity index (χ4v) is 2.73. The maximum absolute atomic E-state index is 12.0. The Morgan fingerprint density at radius 2 is 1.65 bits per heavy atom. The summed E-state index contributed by atoms with van der Waals surface area (Å²) >= 11 is 5.85. The zero-order valence-corrected chi connectivity index (χ0v) is 14.7. The molecule has 3 aromatic rings. The summed E-state index contributed by atoms with van der Waals surface area (Å²) in [6.45, 7) is 1.77. The number of rotatable bonds is 3. The second kappa shape index (κ2) is 7.80. The summed E-state index contributed by atoms with van der Waals surface area (Å²) in [6.07, 6.45) is 0. The molecule has 130 valence electrons. The smallest absolute Gasteiger partial charge is 0.318 e. The molecule has 26 heavy (non-hydrogen) atoms. The number of nitrogens with zero attached hydrogens (tertiary/aromatic N) is 1. The molecule has 0 bridgehead atoms. The zero-order chi connectivity index (χ0) is 18.5. The van der Waals surface area contributed by atoms with Gasteiger partial charge in [-0.3, -0.25) is 9.59 Å². The van der Waals surface area contributed by atoms with E-state index in [4.69, 9.17) is 11.6 Å². The van der Waals surface area contributed by atoms with Crippen LogP contribution in [-0.2, 0) is 9.59 Å². The Morgan fingerprint density at radius 1 is 0.923 bits per heavy atom. The predicted molar refractivity (Wildman–Crippen MR) is 104 cm³/mol. The number of hydrazone groups is 1. The van der Waals surface area contributed by atoms with Gasteiger partial charge in [-0.05, 0) is 35.9 Å². The first-order valence-corrected chi connectivity index (χ1v) is 8.32. The van der Waals surface area contributed by atoms with Crippen LogP contribution in [0.15, 0.2) is 71.8 Å². The molecule has 2 N–H and O–H groups in total. The van der Waals surface area contributed by atoms with Gasteiger partial charge in [0, 0.05) is 16.3 Å². The lowest BCUT2D eigenvalue weighted by molar-refractivity contribution is -0.136. The summed E-state index contributed by atoms with van der Waals surface area (Å²) in [5.74, 6) is -1.67. The van der Waals surface area contributed by atoms with E-state index in [1.807, 2.05) is 42.5 Å². The number of nitrogens with one attached hydrogen (secondary N) is 2. The number of halogens is 1. The highest BCUT2D eigenvalue weighted by molar-refractivity contribution is 6.40. The average molecular weight is 366 g/mol. The van der Waals surface area contributed by atoms with Gasteiger partial charge in [-0.25, -0.2) is 5.43 Å². The predicted octanol–water partition coefficient (Wildman–Crippen LogP) is 3.97. The van der Waals surface area contributed by atoms with Gasteiger partial charge in [0.25, 0.3) is 0 Å². The quantitative estimate of drug-likeness (QED) is 0.419. The van der Waals surface area contributed by atoms with Gasteiger partial charge >= 0.3 is 11.8 Å². The SMILES string of the molecule is C/C(=N\NC(=O)C(=O)Nc1cccc(Cl)c1)c1cccc2ccccc12. The second-order valence-corrected chi connectivity index (χ2v) is 6.07. The van der Waals surface area contributed by atoms with E-state index in [1.54, 1.807) is 31.2 Å². The van der Waals surface area contributed by atoms with Crippen LogP contribution >= 0.6 is 11.6 Å². The molecule has 0 spiro atoms. The fourth-order valence-electron chi connectivity index (χ4n) is 2.54. The first-order valence-electron chi connectivity index (χ1n) is 7.94. The monoisotopic (exact) mass is 365 g/mol. The molecule has 0 radical (unpaired) electrons. The van der Waals surface area contributed by atoms with Gasteiger partial charge in [0.15, 0.2) is 0 Å². The van der Waals surface area contributed by atoms with E-state index in [-0.39, 0.29) is 0 Å². The molecule has 3 aromatic carbocycles. The molecule has 0 aliphatic rings. The van der Waals surface area contributed by atoms with Crippen molar-refractivity contribution in [3.8, 4) is 0 Å². The molecule has 5 nitrogen and oxygen atoms in total. The van der Waals surface area contributed by atoms with Crippen LogP contribution in [0.1, 0.15) is 12.5 Å². The number of hydrogen-bond acceptors (Lipinski definition) is 3. The highest BCUT2D eigenvalue weighted by atomic mass is 35.5. The van der Waals surface area contributed by atoms with Crippen molar-refractivity contribution < 1.29 is 9.59 Å². The van der Waals surface area contributed by atoms with Gasteiger partial charge in [0.1, 0.15) is 0 Å². The molecule has 0 saturated carbocycles. The molecular weight excluding hydrogens is 350 g/mol. The lowest BCUT2D eigenvalue weighted by atomic mass is 10.0. The molecule has 0 fully saturated rings. The molecule has 0 atom stereocenters. The van der Waals surface area contributed by atoms with Crippen LogP contribution in [-0.4, -0.2) is 17.5 Å². The number of carbonyl (C=O) groups excluding carboxylic acids is 2. The third-order valence-corrected chi connectivity index (χ3v) is 4.03. The van der Waals surface area contributed by atoms with Gasteiger partial charge in [-0.15, -0.1) is 0 Å². The van der Waals surface area contributed by atoms with Crippen LogP contribution < -0.4 is 10.7 Å². The average Bonchev–Trinajstić information content (AvgIpc) is 2.65. The van der Waals surface area contributed by atoms with Gasteiger partial charge < -0.3 is 5.32 Å². The highest BCUT2D eigenvalue weighted by Gasteiger charge is 2.13. The summed E-state index contributed by atoms with van der Waals surface area (Å²) in [6, 6.07) is 20.3. The molecule has 2 amide bonds. The van der Waals surface area contributed by atoms with Crippen molar-refractivity contribution in [1.29, 1.82) is 0 Å². The van der Waals surface area contributed by atoms with E-state index in [1.165, 1.54) is 0 Å². The molecule has 0 aliphatic heterocycles. The first kappa shape index (κ1) is 17.6. The van der Waals surface area contributed by atoms with Crippen LogP contribution in [0.5, 0.6) is 0 Å². The van der Waals surface area contributed by atoms with Crippen LogP contribution in [0, 0.1) is 0 Å². The van der Waals surface area contributed by atoms with Crippen LogP contribution in [0.25, 0.3) is 10.8 Å². The Bertz CT molecular complexity index is 1010. The number of benzene rings is 3. The summed E-state index contributed by atoms with van der Waals surface area (Å²) in [5, 5.41) is 9.09. The summed E-state index contributed by atoms with van der Waals surface area (Å²) in [4.78, 5) is 23.9. The third-order valence-electron chi connectivity index (χ3n) is 3.79. The van der Waals surface area contributed by atoms with Crippen LogP contribution in [0.2, 0.25) is 5.02 Å². The number of amides is 2. The molecule has 0 aliphatic carbocycles. The van der Waals surface area contributed by atoms with Crippen LogP contribution in [0.4, 0.5) is 5.69 Å². The minimum absolute atomic E-state index is 0.437. The Kier molecular flexibility index (Phi) is 5.29. The normalized spacial score (nSPS) is 11.2. The van der Waals surface area contributed by atoms with Crippen molar-refractivity contribution in [1.82, 2.24) is 5.43 Å². The zero-order valence-electron chi connectivity index (χ0n) is 14.0. The standard InChI is InChI=1S/C20H16ClN3O2/c1-13(17-11-4-7-14-6-2-3-10-18(14)17)23-24-20(26)19(25)22-16-9-5-8-15(21)12-16/h2-12H,1H3,(H,22,25)(H,24,26)/b23-13+. The van der Waals surface area contributed by atoms with E-state index in [2.05, 4.69) is 15.8 Å². The maximum atomic E-state index is 12.0. The van der Waals surface area contributed by atoms with Gasteiger partial charge in [0.05, 0.1) is 5.71 Å². The lowest BCUT2D eigenvalue weighted by Crippen LogP contribution is -2.32. The first-order chi connectivity index (χ1) is 12.5. The Hall–Kier alpha value is -3.18. The minimum Gasteiger partial charge on any atom is -0.318 e. The maximum Gasteiger partial charge on any atom is 0.329 e. The Morgan fingerprint density at radius 3 is 2.46 bits per heavy atom. The summed E-state index contributed by atoms with van der Waals surface area (Å²) < 4.78 is 0. The molecule has 0 unspecified atom stereocenters. The lowest BCUT2D eigenvalue weighted by Gasteiger charge is -2.07. The van der Waals surface area contributed by atoms with Crippen molar-refractivity contribution in [2.45, 2.75) is 6.92 Å². The van der Waals surface area contributed by atoms with E-state index >= 15 is 0 Å². The van der Waals surface area contributed by atoms with E-state index in [0.29, 0.717) is 16.4 Å². The van der Waals surface area contributed by atoms with E-state index < -0.39 is 11.8 Å². The number of anilines is 1. The molecule has 0 saturated heterocycles. The summed E-state index contributed by atoms with van der Waals surface area (Å²) in [5.41, 5.74) is 4.21. The molecular formula is C20H16ClN3O2. The van der Waals surface area contributed by atoms with Crippen molar-refractivity contribution >= 4 is 45.6 Å². The van der Waals surface area contributed by atoms with Crippen molar-refractivity contribution in [3.05, 3.63) is 77.3 Å². The highest BCUT2D eigenvalue weighted by Crippen LogP contribution is 2.19. The number of hydrogen-bond donors (Lipinski definition) is 2. The van der Waals surface area contributed by atoms with E-state index in [0.717, 1.165) is 16.3 Å². The summed E-state index contributed by atoms with van der Waals surface area (Å²) in [7, 11) is 0. The van der Waals surface area contributed by atoms with E-state index in [9.17, 15) is 9.59 Å². The van der Waals surface area contributed by atoms with Gasteiger partial charge in [-0.1, -0.05) is 60.1 Å². The molecule has 6 heteroatoms. The van der Waals surface area contributed by atoms with Crippen molar-refractivity contribution in [2.24, 2.45) is 5.10 Å². The molecule has 3 rings (SSSR count). The Labute approximate surface area is 155 Å². The van der Waals surface area contributed by atoms with Gasteiger partial charge in [-0.2, -0.15) is 5.10 Å². The largest absolute Gasteiger partial charge is 0.329 e. The minimum atomic E-state index is -0.857. The topological polar surface area (TPSA) is 70.6 Å².